The Bertz CT molecular complexity index is 1080. The molecule has 1 saturated heterocycles. The smallest absolute Gasteiger partial charge is 0.482 e. The number of aromatic carboxylic acids is 1. The lowest BCUT2D eigenvalue weighted by Gasteiger charge is -2.64. The molecule has 1 aliphatic heterocycles. The largest absolute Gasteiger partial charge is 0.496 e. The molecule has 5 rings (SSSR count). The first kappa shape index (κ1) is 27.6. The monoisotopic (exact) mass is 513 g/mol. The van der Waals surface area contributed by atoms with Crippen LogP contribution in [0.25, 0.3) is 0 Å². The van der Waals surface area contributed by atoms with Gasteiger partial charge in [-0.25, -0.2) is 4.79 Å². The molecule has 2 bridgehead atoms. The molecule has 37 heavy (non-hydrogen) atoms. The summed E-state index contributed by atoms with van der Waals surface area (Å²) >= 11 is 0. The maximum Gasteiger partial charge on any atom is 0.482 e. The minimum Gasteiger partial charge on any atom is -0.496 e. The molecule has 1 amide bonds. The van der Waals surface area contributed by atoms with Gasteiger partial charge in [-0.1, -0.05) is 46.8 Å². The summed E-state index contributed by atoms with van der Waals surface area (Å²) in [6.07, 6.45) is 2.41. The van der Waals surface area contributed by atoms with Gasteiger partial charge in [0, 0.05) is 18.3 Å². The molecule has 4 aliphatic rings. The van der Waals surface area contributed by atoms with Crippen molar-refractivity contribution in [1.82, 2.24) is 5.32 Å². The number of para-hydroxylation sites is 1. The number of rotatable bonds is 9. The van der Waals surface area contributed by atoms with Gasteiger partial charge < -0.3 is 24.5 Å². The van der Waals surface area contributed by atoms with E-state index >= 15 is 0 Å². The molecule has 1 aromatic rings. The van der Waals surface area contributed by atoms with E-state index in [2.05, 4.69) is 26.1 Å². The summed E-state index contributed by atoms with van der Waals surface area (Å²) in [7, 11) is 0.732. The topological polar surface area (TPSA) is 111 Å². The normalized spacial score (nSPS) is 28.6. The van der Waals surface area contributed by atoms with Gasteiger partial charge in [-0.15, -0.1) is 0 Å². The van der Waals surface area contributed by atoms with Gasteiger partial charge in [0.1, 0.15) is 17.1 Å². The lowest BCUT2D eigenvalue weighted by atomic mass is 9.43. The van der Waals surface area contributed by atoms with Crippen molar-refractivity contribution in [3.8, 4) is 5.75 Å². The Kier molecular flexibility index (Phi) is 7.27. The highest BCUT2D eigenvalue weighted by Crippen LogP contribution is 2.65. The standard InChI is InChI=1S/C28H40BNO7/c1-26(2,3)20(31)11-12-23(32)30-22(13-16-9-8-10-18(25(33)34)24(16)35-7)29-36-21-15-17-14-19(27(17,4)5)28(21,6)37-29/h8-10,17,19,21-22H,11-15H2,1-7H3,(H,30,32)(H,33,34). The number of hydrogen-bond donors (Lipinski definition) is 2. The van der Waals surface area contributed by atoms with Crippen LogP contribution >= 0.6 is 0 Å². The van der Waals surface area contributed by atoms with Crippen LogP contribution in [0.1, 0.15) is 83.1 Å². The number of carbonyl (C=O) groups is 3. The van der Waals surface area contributed by atoms with E-state index in [1.807, 2.05) is 20.8 Å². The van der Waals surface area contributed by atoms with Crippen LogP contribution in [0.15, 0.2) is 18.2 Å². The fourth-order valence-electron chi connectivity index (χ4n) is 6.56. The first-order chi connectivity index (χ1) is 17.2. The molecule has 0 radical (unpaired) electrons. The molecule has 3 aliphatic carbocycles. The molecule has 8 nitrogen and oxygen atoms in total. The summed E-state index contributed by atoms with van der Waals surface area (Å²) in [5, 5.41) is 12.7. The van der Waals surface area contributed by atoms with Gasteiger partial charge in [-0.2, -0.15) is 0 Å². The molecule has 9 heteroatoms. The van der Waals surface area contributed by atoms with Crippen LogP contribution in [-0.2, 0) is 25.3 Å². The van der Waals surface area contributed by atoms with Crippen LogP contribution in [0, 0.1) is 22.7 Å². The first-order valence-corrected chi connectivity index (χ1v) is 13.2. The lowest BCUT2D eigenvalue weighted by Crippen LogP contribution is -2.65. The van der Waals surface area contributed by atoms with E-state index in [1.165, 1.54) is 13.2 Å². The molecule has 1 heterocycles. The molecule has 5 atom stereocenters. The fourth-order valence-corrected chi connectivity index (χ4v) is 6.56. The van der Waals surface area contributed by atoms with Gasteiger partial charge in [0.25, 0.3) is 0 Å². The average molecular weight is 513 g/mol. The molecular formula is C28H40BNO7. The van der Waals surface area contributed by atoms with Gasteiger partial charge in [-0.3, -0.25) is 9.59 Å². The Labute approximate surface area is 220 Å². The second-order valence-electron chi connectivity index (χ2n) is 12.7. The molecule has 202 valence electrons. The third-order valence-corrected chi connectivity index (χ3v) is 9.03. The van der Waals surface area contributed by atoms with Crippen LogP contribution in [0.5, 0.6) is 5.75 Å². The van der Waals surface area contributed by atoms with Crippen LogP contribution < -0.4 is 10.1 Å². The summed E-state index contributed by atoms with van der Waals surface area (Å²) in [5.41, 5.74) is -0.108. The van der Waals surface area contributed by atoms with Crippen molar-refractivity contribution in [2.45, 2.75) is 91.3 Å². The van der Waals surface area contributed by atoms with Crippen molar-refractivity contribution < 1.29 is 33.5 Å². The highest BCUT2D eigenvalue weighted by molar-refractivity contribution is 6.48. The predicted molar refractivity (Wildman–Crippen MR) is 139 cm³/mol. The predicted octanol–water partition coefficient (Wildman–Crippen LogP) is 4.08. The quantitative estimate of drug-likeness (QED) is 0.479. The van der Waals surface area contributed by atoms with Gasteiger partial charge in [0.05, 0.1) is 24.8 Å². The minimum absolute atomic E-state index is 0.0175. The number of carbonyl (C=O) groups excluding carboxylic acids is 2. The number of carboxylic acids is 1. The van der Waals surface area contributed by atoms with Crippen molar-refractivity contribution in [3.05, 3.63) is 29.3 Å². The number of amides is 1. The minimum atomic E-state index is -1.09. The molecular weight excluding hydrogens is 473 g/mol. The number of hydrogen-bond acceptors (Lipinski definition) is 6. The number of ketones is 1. The van der Waals surface area contributed by atoms with Crippen LogP contribution in [0.4, 0.5) is 0 Å². The SMILES string of the molecule is COc1c(CC(NC(=O)CCC(=O)C(C)(C)C)B2OC3CC4CC(C4(C)C)C3(C)O2)cccc1C(=O)O. The summed E-state index contributed by atoms with van der Waals surface area (Å²) in [5.74, 6) is -0.730. The fraction of sp³-hybridized carbons (Fsp3) is 0.679. The van der Waals surface area contributed by atoms with Gasteiger partial charge in [0.15, 0.2) is 0 Å². The summed E-state index contributed by atoms with van der Waals surface area (Å²) in [6.45, 7) is 12.2. The van der Waals surface area contributed by atoms with E-state index in [4.69, 9.17) is 14.0 Å². The third kappa shape index (κ3) is 5.04. The zero-order valence-corrected chi connectivity index (χ0v) is 23.1. The maximum atomic E-state index is 13.0. The number of benzene rings is 1. The van der Waals surface area contributed by atoms with Crippen molar-refractivity contribution in [2.24, 2.45) is 22.7 Å². The maximum absolute atomic E-state index is 13.0. The Hall–Kier alpha value is -2.39. The highest BCUT2D eigenvalue weighted by atomic mass is 16.7. The Morgan fingerprint density at radius 3 is 2.49 bits per heavy atom. The molecule has 0 spiro atoms. The molecule has 2 N–H and O–H groups in total. The van der Waals surface area contributed by atoms with E-state index in [-0.39, 0.29) is 53.8 Å². The Morgan fingerprint density at radius 2 is 1.89 bits per heavy atom. The summed E-state index contributed by atoms with van der Waals surface area (Å²) in [6, 6.07) is 4.94. The van der Waals surface area contributed by atoms with Crippen molar-refractivity contribution in [1.29, 1.82) is 0 Å². The van der Waals surface area contributed by atoms with E-state index in [0.717, 1.165) is 12.8 Å². The van der Waals surface area contributed by atoms with Gasteiger partial charge in [0.2, 0.25) is 5.91 Å². The van der Waals surface area contributed by atoms with Crippen LogP contribution in [-0.4, -0.2) is 54.6 Å². The first-order valence-electron chi connectivity index (χ1n) is 13.2. The van der Waals surface area contributed by atoms with E-state index in [1.54, 1.807) is 12.1 Å². The number of carboxylic acid groups (broad SMARTS) is 1. The zero-order valence-electron chi connectivity index (χ0n) is 23.1. The Balaban J connectivity index is 1.57. The number of Topliss-reactive ketones (excluding diaryl/α,β-unsaturated/α-hetero) is 1. The highest BCUT2D eigenvalue weighted by Gasteiger charge is 2.68. The van der Waals surface area contributed by atoms with Gasteiger partial charge in [-0.05, 0) is 55.1 Å². The number of methoxy groups -OCH3 is 1. The van der Waals surface area contributed by atoms with E-state index in [0.29, 0.717) is 17.4 Å². The number of ether oxygens (including phenoxy) is 1. The third-order valence-electron chi connectivity index (χ3n) is 9.03. The van der Waals surface area contributed by atoms with Crippen molar-refractivity contribution >= 4 is 24.8 Å². The average Bonchev–Trinajstić information content (AvgIpc) is 3.18. The molecule has 4 fully saturated rings. The van der Waals surface area contributed by atoms with E-state index < -0.39 is 30.0 Å². The lowest BCUT2D eigenvalue weighted by molar-refractivity contribution is -0.199. The molecule has 3 saturated carbocycles. The molecule has 0 aromatic heterocycles. The van der Waals surface area contributed by atoms with Crippen molar-refractivity contribution in [2.75, 3.05) is 7.11 Å². The second kappa shape index (κ2) is 9.73. The van der Waals surface area contributed by atoms with Crippen molar-refractivity contribution in [3.63, 3.8) is 0 Å². The zero-order chi connectivity index (χ0) is 27.3. The van der Waals surface area contributed by atoms with Gasteiger partial charge >= 0.3 is 13.1 Å². The summed E-state index contributed by atoms with van der Waals surface area (Å²) in [4.78, 5) is 37.2. The van der Waals surface area contributed by atoms with E-state index in [9.17, 15) is 19.5 Å². The van der Waals surface area contributed by atoms with Crippen LogP contribution in [0.2, 0.25) is 0 Å². The van der Waals surface area contributed by atoms with Crippen LogP contribution in [0.3, 0.4) is 0 Å². The number of nitrogens with one attached hydrogen (secondary N) is 1. The summed E-state index contributed by atoms with van der Waals surface area (Å²) < 4.78 is 18.6. The molecule has 5 unspecified atom stereocenters. The second-order valence-corrected chi connectivity index (χ2v) is 12.7. The molecule has 1 aromatic carbocycles. The Morgan fingerprint density at radius 1 is 1.19 bits per heavy atom.